The molecule has 0 unspecified atom stereocenters. The topological polar surface area (TPSA) is 55.8 Å². The fourth-order valence-electron chi connectivity index (χ4n) is 4.98. The molecule has 0 aliphatic carbocycles. The minimum absolute atomic E-state index is 0.0430. The second-order valence-electron chi connectivity index (χ2n) is 7.31. The van der Waals surface area contributed by atoms with Crippen molar-refractivity contribution in [1.29, 1.82) is 0 Å². The standard InChI is InChI=1S/C20H25NO4/c1-3-20(19(23)24-4-2)12-15-6-8-17(20)21(15)18(22)14-5-7-16-13(11-14)9-10-25-16/h5,7,11,15,17H,3-4,6,8-10,12H2,1-2H3/t15-,17+,20+/m1/s1. The molecular weight excluding hydrogens is 318 g/mol. The van der Waals surface area contributed by atoms with E-state index in [1.807, 2.05) is 36.9 Å². The predicted molar refractivity (Wildman–Crippen MR) is 92.6 cm³/mol. The first-order chi connectivity index (χ1) is 12.1. The van der Waals surface area contributed by atoms with Crippen LogP contribution in [-0.4, -0.2) is 42.1 Å². The van der Waals surface area contributed by atoms with Crippen LogP contribution in [0.2, 0.25) is 0 Å². The van der Waals surface area contributed by atoms with Crippen molar-refractivity contribution in [3.8, 4) is 5.75 Å². The van der Waals surface area contributed by atoms with Gasteiger partial charge in [0.2, 0.25) is 0 Å². The molecule has 25 heavy (non-hydrogen) atoms. The van der Waals surface area contributed by atoms with Gasteiger partial charge in [-0.2, -0.15) is 0 Å². The molecule has 0 aromatic heterocycles. The van der Waals surface area contributed by atoms with Crippen molar-refractivity contribution in [1.82, 2.24) is 4.90 Å². The summed E-state index contributed by atoms with van der Waals surface area (Å²) in [5.41, 5.74) is 1.27. The van der Waals surface area contributed by atoms with Crippen molar-refractivity contribution < 1.29 is 19.1 Å². The Bertz CT molecular complexity index is 716. The molecule has 5 nitrogen and oxygen atoms in total. The largest absolute Gasteiger partial charge is 0.493 e. The summed E-state index contributed by atoms with van der Waals surface area (Å²) in [6, 6.07) is 5.80. The maximum absolute atomic E-state index is 13.2. The van der Waals surface area contributed by atoms with Crippen LogP contribution < -0.4 is 4.74 Å². The number of carbonyl (C=O) groups excluding carboxylic acids is 2. The molecule has 2 saturated heterocycles. The lowest BCUT2D eigenvalue weighted by Gasteiger charge is -2.34. The number of carbonyl (C=O) groups is 2. The molecule has 1 amide bonds. The number of hydrogen-bond acceptors (Lipinski definition) is 4. The Morgan fingerprint density at radius 3 is 2.92 bits per heavy atom. The second-order valence-corrected chi connectivity index (χ2v) is 7.31. The lowest BCUT2D eigenvalue weighted by atomic mass is 9.72. The van der Waals surface area contributed by atoms with Gasteiger partial charge in [-0.25, -0.2) is 0 Å². The number of rotatable bonds is 4. The molecule has 0 N–H and O–H groups in total. The molecule has 3 aliphatic heterocycles. The smallest absolute Gasteiger partial charge is 0.314 e. The predicted octanol–water partition coefficient (Wildman–Crippen LogP) is 2.96. The first kappa shape index (κ1) is 16.4. The quantitative estimate of drug-likeness (QED) is 0.789. The molecule has 1 aromatic rings. The van der Waals surface area contributed by atoms with Crippen molar-refractivity contribution in [2.45, 2.75) is 58.0 Å². The molecular formula is C20H25NO4. The van der Waals surface area contributed by atoms with E-state index in [1.165, 1.54) is 0 Å². The number of amides is 1. The van der Waals surface area contributed by atoms with E-state index in [2.05, 4.69) is 0 Å². The molecule has 0 radical (unpaired) electrons. The molecule has 4 rings (SSSR count). The van der Waals surface area contributed by atoms with Gasteiger partial charge in [0.25, 0.3) is 5.91 Å². The van der Waals surface area contributed by atoms with Gasteiger partial charge >= 0.3 is 5.97 Å². The summed E-state index contributed by atoms with van der Waals surface area (Å²) in [5.74, 6) is 0.794. The molecule has 134 valence electrons. The Morgan fingerprint density at radius 1 is 1.32 bits per heavy atom. The van der Waals surface area contributed by atoms with Crippen molar-refractivity contribution in [3.63, 3.8) is 0 Å². The van der Waals surface area contributed by atoms with E-state index in [0.717, 1.165) is 43.4 Å². The molecule has 3 atom stereocenters. The van der Waals surface area contributed by atoms with Gasteiger partial charge in [-0.05, 0) is 56.4 Å². The summed E-state index contributed by atoms with van der Waals surface area (Å²) in [6.07, 6.45) is 4.16. The first-order valence-electron chi connectivity index (χ1n) is 9.36. The van der Waals surface area contributed by atoms with E-state index in [9.17, 15) is 9.59 Å². The number of fused-ring (bicyclic) bond motifs is 3. The van der Waals surface area contributed by atoms with Gasteiger partial charge in [-0.1, -0.05) is 6.92 Å². The summed E-state index contributed by atoms with van der Waals surface area (Å²) < 4.78 is 10.9. The molecule has 2 bridgehead atoms. The highest BCUT2D eigenvalue weighted by atomic mass is 16.5. The van der Waals surface area contributed by atoms with E-state index < -0.39 is 5.41 Å². The summed E-state index contributed by atoms with van der Waals surface area (Å²) >= 11 is 0. The van der Waals surface area contributed by atoms with E-state index in [4.69, 9.17) is 9.47 Å². The minimum atomic E-state index is -0.533. The second kappa shape index (κ2) is 6.04. The minimum Gasteiger partial charge on any atom is -0.493 e. The van der Waals surface area contributed by atoms with Gasteiger partial charge in [-0.15, -0.1) is 0 Å². The zero-order valence-corrected chi connectivity index (χ0v) is 14.9. The number of nitrogens with zero attached hydrogens (tertiary/aromatic N) is 1. The van der Waals surface area contributed by atoms with Crippen LogP contribution in [0.5, 0.6) is 5.75 Å². The zero-order valence-electron chi connectivity index (χ0n) is 14.9. The number of esters is 1. The molecule has 2 fully saturated rings. The SMILES string of the molecule is CCOC(=O)[C@@]1(CC)C[C@H]2CC[C@@H]1N2C(=O)c1ccc2c(c1)CCO2. The Balaban J connectivity index is 1.63. The van der Waals surface area contributed by atoms with Crippen molar-refractivity contribution in [2.75, 3.05) is 13.2 Å². The molecule has 0 saturated carbocycles. The lowest BCUT2D eigenvalue weighted by molar-refractivity contribution is -0.157. The Morgan fingerprint density at radius 2 is 2.16 bits per heavy atom. The Kier molecular flexibility index (Phi) is 3.97. The third kappa shape index (κ3) is 2.35. The van der Waals surface area contributed by atoms with Crippen LogP contribution in [0, 0.1) is 5.41 Å². The highest BCUT2D eigenvalue weighted by molar-refractivity contribution is 5.96. The average Bonchev–Trinajstić information content (AvgIpc) is 3.33. The van der Waals surface area contributed by atoms with Gasteiger partial charge in [-0.3, -0.25) is 9.59 Å². The molecule has 1 aromatic carbocycles. The van der Waals surface area contributed by atoms with Crippen LogP contribution >= 0.6 is 0 Å². The number of ether oxygens (including phenoxy) is 2. The van der Waals surface area contributed by atoms with E-state index >= 15 is 0 Å². The first-order valence-corrected chi connectivity index (χ1v) is 9.36. The van der Waals surface area contributed by atoms with Crippen LogP contribution in [0.15, 0.2) is 18.2 Å². The highest BCUT2D eigenvalue weighted by Crippen LogP contribution is 2.53. The molecule has 0 spiro atoms. The fourth-order valence-corrected chi connectivity index (χ4v) is 4.98. The normalized spacial score (nSPS) is 29.4. The Hall–Kier alpha value is -2.04. The summed E-state index contributed by atoms with van der Waals surface area (Å²) in [5, 5.41) is 0. The highest BCUT2D eigenvalue weighted by Gasteiger charge is 2.61. The van der Waals surface area contributed by atoms with Gasteiger partial charge in [0, 0.05) is 24.1 Å². The van der Waals surface area contributed by atoms with Crippen molar-refractivity contribution in [2.24, 2.45) is 5.41 Å². The van der Waals surface area contributed by atoms with E-state index in [0.29, 0.717) is 18.8 Å². The van der Waals surface area contributed by atoms with Gasteiger partial charge in [0.05, 0.1) is 18.6 Å². The maximum Gasteiger partial charge on any atom is 0.314 e. The maximum atomic E-state index is 13.2. The van der Waals surface area contributed by atoms with Gasteiger partial charge in [0.15, 0.2) is 0 Å². The zero-order chi connectivity index (χ0) is 17.6. The molecule has 3 aliphatic rings. The monoisotopic (exact) mass is 343 g/mol. The fraction of sp³-hybridized carbons (Fsp3) is 0.600. The number of benzene rings is 1. The van der Waals surface area contributed by atoms with Crippen LogP contribution in [0.3, 0.4) is 0 Å². The lowest BCUT2D eigenvalue weighted by Crippen LogP contribution is -2.45. The van der Waals surface area contributed by atoms with Gasteiger partial charge < -0.3 is 14.4 Å². The summed E-state index contributed by atoms with van der Waals surface area (Å²) in [6.45, 7) is 4.94. The van der Waals surface area contributed by atoms with Crippen LogP contribution in [0.1, 0.15) is 55.5 Å². The number of hydrogen-bond donors (Lipinski definition) is 0. The van der Waals surface area contributed by atoms with Crippen LogP contribution in [-0.2, 0) is 16.0 Å². The van der Waals surface area contributed by atoms with Crippen LogP contribution in [0.25, 0.3) is 0 Å². The third-order valence-corrected chi connectivity index (χ3v) is 6.22. The van der Waals surface area contributed by atoms with E-state index in [1.54, 1.807) is 0 Å². The molecule has 5 heteroatoms. The summed E-state index contributed by atoms with van der Waals surface area (Å²) in [7, 11) is 0. The van der Waals surface area contributed by atoms with Gasteiger partial charge in [0.1, 0.15) is 5.75 Å². The van der Waals surface area contributed by atoms with E-state index in [-0.39, 0.29) is 24.0 Å². The average molecular weight is 343 g/mol. The van der Waals surface area contributed by atoms with Crippen molar-refractivity contribution >= 4 is 11.9 Å². The summed E-state index contributed by atoms with van der Waals surface area (Å²) in [4.78, 5) is 27.9. The third-order valence-electron chi connectivity index (χ3n) is 6.22. The Labute approximate surface area is 148 Å². The van der Waals surface area contributed by atoms with Crippen molar-refractivity contribution in [3.05, 3.63) is 29.3 Å². The molecule has 3 heterocycles. The van der Waals surface area contributed by atoms with Crippen LogP contribution in [0.4, 0.5) is 0 Å².